The molecule has 1 aromatic heterocycles. The Morgan fingerprint density at radius 2 is 1.92 bits per heavy atom. The molecular weight excluding hydrogens is 300 g/mol. The highest BCUT2D eigenvalue weighted by Gasteiger charge is 2.20. The van der Waals surface area contributed by atoms with Gasteiger partial charge in [-0.2, -0.15) is 0 Å². The number of benzene rings is 1. The molecule has 0 radical (unpaired) electrons. The van der Waals surface area contributed by atoms with Crippen LogP contribution in [-0.2, 0) is 18.3 Å². The molecule has 1 saturated heterocycles. The molecule has 1 aromatic carbocycles. The first kappa shape index (κ1) is 17.0. The summed E-state index contributed by atoms with van der Waals surface area (Å²) in [7, 11) is 2.06. The Morgan fingerprint density at radius 1 is 1.21 bits per heavy atom. The average Bonchev–Trinajstić information content (AvgIpc) is 2.91. The van der Waals surface area contributed by atoms with Gasteiger partial charge in [0.1, 0.15) is 5.82 Å². The molecule has 2 heterocycles. The van der Waals surface area contributed by atoms with E-state index in [2.05, 4.69) is 55.5 Å². The van der Waals surface area contributed by atoms with Crippen molar-refractivity contribution in [3.63, 3.8) is 0 Å². The fourth-order valence-electron chi connectivity index (χ4n) is 3.49. The second kappa shape index (κ2) is 6.93. The number of fused-ring (bicyclic) bond motifs is 1. The summed E-state index contributed by atoms with van der Waals surface area (Å²) in [5.74, 6) is 1.71. The zero-order valence-electron chi connectivity index (χ0n) is 15.2. The largest absolute Gasteiger partial charge is 0.340 e. The highest BCUT2D eigenvalue weighted by Crippen LogP contribution is 2.22. The maximum Gasteiger partial charge on any atom is 0.227 e. The van der Waals surface area contributed by atoms with Crippen molar-refractivity contribution in [1.29, 1.82) is 0 Å². The molecule has 5 nitrogen and oxygen atoms in total. The average molecular weight is 328 g/mol. The first-order chi connectivity index (χ1) is 11.5. The van der Waals surface area contributed by atoms with E-state index in [-0.39, 0.29) is 5.91 Å². The van der Waals surface area contributed by atoms with E-state index >= 15 is 0 Å². The predicted octanol–water partition coefficient (Wildman–Crippen LogP) is 2.40. The van der Waals surface area contributed by atoms with Gasteiger partial charge in [0.2, 0.25) is 5.91 Å². The lowest BCUT2D eigenvalue weighted by Gasteiger charge is -2.34. The molecule has 130 valence electrons. The number of imidazole rings is 1. The van der Waals surface area contributed by atoms with E-state index in [1.807, 2.05) is 4.90 Å². The summed E-state index contributed by atoms with van der Waals surface area (Å²) in [6, 6.07) is 6.22. The molecule has 1 aliphatic heterocycles. The van der Waals surface area contributed by atoms with Crippen LogP contribution < -0.4 is 0 Å². The molecule has 5 heteroatoms. The maximum atomic E-state index is 12.6. The van der Waals surface area contributed by atoms with Crippen molar-refractivity contribution in [3.8, 4) is 0 Å². The van der Waals surface area contributed by atoms with Crippen LogP contribution in [0.3, 0.4) is 0 Å². The van der Waals surface area contributed by atoms with E-state index in [9.17, 15) is 4.79 Å². The second-order valence-electron chi connectivity index (χ2n) is 7.00. The number of aryl methyl sites for hydroxylation is 1. The number of hydrogen-bond donors (Lipinski definition) is 0. The van der Waals surface area contributed by atoms with Gasteiger partial charge in [-0.15, -0.1) is 0 Å². The second-order valence-corrected chi connectivity index (χ2v) is 7.00. The van der Waals surface area contributed by atoms with Crippen LogP contribution in [0.2, 0.25) is 0 Å². The summed E-state index contributed by atoms with van der Waals surface area (Å²) in [5.41, 5.74) is 3.17. The Labute approximate surface area is 144 Å². The molecule has 24 heavy (non-hydrogen) atoms. The molecule has 0 saturated carbocycles. The van der Waals surface area contributed by atoms with Gasteiger partial charge in [0.15, 0.2) is 0 Å². The van der Waals surface area contributed by atoms with E-state index < -0.39 is 0 Å². The minimum absolute atomic E-state index is 0.227. The van der Waals surface area contributed by atoms with Gasteiger partial charge in [-0.1, -0.05) is 26.8 Å². The molecule has 0 atom stereocenters. The van der Waals surface area contributed by atoms with Gasteiger partial charge in [-0.25, -0.2) is 4.98 Å². The molecule has 0 N–H and O–H groups in total. The van der Waals surface area contributed by atoms with Crippen molar-refractivity contribution in [3.05, 3.63) is 29.6 Å². The van der Waals surface area contributed by atoms with Crippen LogP contribution >= 0.6 is 0 Å². The van der Waals surface area contributed by atoms with Crippen molar-refractivity contribution in [2.45, 2.75) is 33.1 Å². The van der Waals surface area contributed by atoms with E-state index in [4.69, 9.17) is 4.98 Å². The first-order valence-corrected chi connectivity index (χ1v) is 8.95. The SMILES string of the molecule is CCN1CCN(C(=O)Cc2ccc3c(c2)nc(C(C)C)n3C)CC1. The fraction of sp³-hybridized carbons (Fsp3) is 0.579. The standard InChI is InChI=1S/C19H28N4O/c1-5-22-8-10-23(11-9-22)18(24)13-15-6-7-17-16(12-15)20-19(14(2)3)21(17)4/h6-7,12,14H,5,8-11,13H2,1-4H3. The zero-order valence-corrected chi connectivity index (χ0v) is 15.2. The molecule has 3 rings (SSSR count). The zero-order chi connectivity index (χ0) is 17.3. The summed E-state index contributed by atoms with van der Waals surface area (Å²) in [5, 5.41) is 0. The molecule has 1 aliphatic rings. The molecule has 0 spiro atoms. The quantitative estimate of drug-likeness (QED) is 0.865. The van der Waals surface area contributed by atoms with Gasteiger partial charge < -0.3 is 14.4 Å². The fourth-order valence-corrected chi connectivity index (χ4v) is 3.49. The van der Waals surface area contributed by atoms with Gasteiger partial charge in [0.05, 0.1) is 17.5 Å². The molecule has 2 aromatic rings. The van der Waals surface area contributed by atoms with E-state index in [0.29, 0.717) is 12.3 Å². The van der Waals surface area contributed by atoms with Gasteiger partial charge in [-0.05, 0) is 24.2 Å². The van der Waals surface area contributed by atoms with Crippen LogP contribution in [0.1, 0.15) is 38.1 Å². The predicted molar refractivity (Wildman–Crippen MR) is 97.2 cm³/mol. The van der Waals surface area contributed by atoms with Crippen LogP contribution in [0.4, 0.5) is 0 Å². The third kappa shape index (κ3) is 3.31. The highest BCUT2D eigenvalue weighted by molar-refractivity contribution is 5.82. The topological polar surface area (TPSA) is 41.4 Å². The number of carbonyl (C=O) groups is 1. The minimum Gasteiger partial charge on any atom is -0.340 e. The maximum absolute atomic E-state index is 12.6. The Kier molecular flexibility index (Phi) is 4.90. The number of likely N-dealkylation sites (N-methyl/N-ethyl adjacent to an activating group) is 1. The van der Waals surface area contributed by atoms with Crippen molar-refractivity contribution in [2.24, 2.45) is 7.05 Å². The minimum atomic E-state index is 0.227. The summed E-state index contributed by atoms with van der Waals surface area (Å²) in [6.45, 7) is 11.2. The van der Waals surface area contributed by atoms with Crippen LogP contribution in [-0.4, -0.2) is 58.0 Å². The number of aromatic nitrogens is 2. The van der Waals surface area contributed by atoms with E-state index in [0.717, 1.165) is 55.1 Å². The van der Waals surface area contributed by atoms with Crippen molar-refractivity contribution in [2.75, 3.05) is 32.7 Å². The Hall–Kier alpha value is -1.88. The number of amides is 1. The monoisotopic (exact) mass is 328 g/mol. The van der Waals surface area contributed by atoms with Crippen molar-refractivity contribution in [1.82, 2.24) is 19.4 Å². The summed E-state index contributed by atoms with van der Waals surface area (Å²) < 4.78 is 2.15. The lowest BCUT2D eigenvalue weighted by molar-refractivity contribution is -0.132. The van der Waals surface area contributed by atoms with E-state index in [1.165, 1.54) is 0 Å². The first-order valence-electron chi connectivity index (χ1n) is 8.95. The van der Waals surface area contributed by atoms with Gasteiger partial charge in [-0.3, -0.25) is 4.79 Å². The van der Waals surface area contributed by atoms with E-state index in [1.54, 1.807) is 0 Å². The smallest absolute Gasteiger partial charge is 0.227 e. The van der Waals surface area contributed by atoms with Gasteiger partial charge in [0, 0.05) is 39.1 Å². The Balaban J connectivity index is 1.72. The van der Waals surface area contributed by atoms with Crippen molar-refractivity contribution < 1.29 is 4.79 Å². The molecule has 1 amide bonds. The summed E-state index contributed by atoms with van der Waals surface area (Å²) >= 11 is 0. The number of piperazine rings is 1. The van der Waals surface area contributed by atoms with Crippen LogP contribution in [0, 0.1) is 0 Å². The molecule has 1 fully saturated rings. The Morgan fingerprint density at radius 3 is 2.54 bits per heavy atom. The third-order valence-corrected chi connectivity index (χ3v) is 5.02. The van der Waals surface area contributed by atoms with Crippen LogP contribution in [0.25, 0.3) is 11.0 Å². The number of rotatable bonds is 4. The van der Waals surface area contributed by atoms with Crippen LogP contribution in [0.15, 0.2) is 18.2 Å². The highest BCUT2D eigenvalue weighted by atomic mass is 16.2. The summed E-state index contributed by atoms with van der Waals surface area (Å²) in [4.78, 5) is 21.7. The molecule has 0 aliphatic carbocycles. The van der Waals surface area contributed by atoms with Crippen molar-refractivity contribution >= 4 is 16.9 Å². The lowest BCUT2D eigenvalue weighted by Crippen LogP contribution is -2.48. The number of nitrogens with zero attached hydrogens (tertiary/aromatic N) is 4. The number of hydrogen-bond acceptors (Lipinski definition) is 3. The normalized spacial score (nSPS) is 16.3. The molecule has 0 bridgehead atoms. The molecular formula is C19H28N4O. The Bertz CT molecular complexity index is 726. The van der Waals surface area contributed by atoms with Gasteiger partial charge in [0.25, 0.3) is 0 Å². The number of carbonyl (C=O) groups excluding carboxylic acids is 1. The third-order valence-electron chi connectivity index (χ3n) is 5.02. The lowest BCUT2D eigenvalue weighted by atomic mass is 10.1. The summed E-state index contributed by atoms with van der Waals surface area (Å²) in [6.07, 6.45) is 0.468. The molecule has 0 unspecified atom stereocenters. The van der Waals surface area contributed by atoms with Crippen LogP contribution in [0.5, 0.6) is 0 Å². The van der Waals surface area contributed by atoms with Gasteiger partial charge >= 0.3 is 0 Å².